The predicted octanol–water partition coefficient (Wildman–Crippen LogP) is 4.10. The highest BCUT2D eigenvalue weighted by Crippen LogP contribution is 2.35. The number of nitrogens with one attached hydrogen (secondary N) is 1. The van der Waals surface area contributed by atoms with Gasteiger partial charge in [-0.3, -0.25) is 0 Å². The summed E-state index contributed by atoms with van der Waals surface area (Å²) in [6.07, 6.45) is 5.93. The second-order valence-electron chi connectivity index (χ2n) is 6.05. The molecule has 0 bridgehead atoms. The lowest BCUT2D eigenvalue weighted by atomic mass is 10.1. The number of halogens is 1. The van der Waals surface area contributed by atoms with Crippen LogP contribution in [-0.4, -0.2) is 29.1 Å². The fourth-order valence-corrected chi connectivity index (χ4v) is 4.65. The van der Waals surface area contributed by atoms with Crippen LogP contribution in [0.3, 0.4) is 0 Å². The van der Waals surface area contributed by atoms with Crippen molar-refractivity contribution in [3.63, 3.8) is 0 Å². The van der Waals surface area contributed by atoms with Gasteiger partial charge < -0.3 is 10.2 Å². The molecule has 0 radical (unpaired) electrons. The lowest BCUT2D eigenvalue weighted by Crippen LogP contribution is -2.46. The Morgan fingerprint density at radius 2 is 2.04 bits per heavy atom. The van der Waals surface area contributed by atoms with Gasteiger partial charge >= 0.3 is 0 Å². The fourth-order valence-electron chi connectivity index (χ4n) is 3.20. The molecule has 1 fully saturated rings. The zero-order chi connectivity index (χ0) is 16.4. The quantitative estimate of drug-likeness (QED) is 0.762. The van der Waals surface area contributed by atoms with E-state index in [9.17, 15) is 0 Å². The van der Waals surface area contributed by atoms with Crippen LogP contribution in [0.2, 0.25) is 5.02 Å². The van der Waals surface area contributed by atoms with E-state index in [1.54, 1.807) is 23.7 Å². The van der Waals surface area contributed by atoms with E-state index >= 15 is 0 Å². The van der Waals surface area contributed by atoms with Gasteiger partial charge in [0.05, 0.1) is 5.02 Å². The Kier molecular flexibility index (Phi) is 4.65. The minimum Gasteiger partial charge on any atom is -0.339 e. The Bertz CT molecular complexity index is 820. The third-order valence-electron chi connectivity index (χ3n) is 4.41. The Morgan fingerprint density at radius 3 is 2.88 bits per heavy atom. The number of aromatic nitrogens is 2. The van der Waals surface area contributed by atoms with Crippen LogP contribution in [0, 0.1) is 0 Å². The minimum absolute atomic E-state index is 0.434. The topological polar surface area (TPSA) is 41.0 Å². The van der Waals surface area contributed by atoms with Crippen LogP contribution in [0.25, 0.3) is 10.1 Å². The van der Waals surface area contributed by atoms with Crippen molar-refractivity contribution < 1.29 is 0 Å². The normalized spacial score (nSPS) is 18.2. The molecule has 4 nitrogen and oxygen atoms in total. The van der Waals surface area contributed by atoms with E-state index in [0.717, 1.165) is 42.4 Å². The van der Waals surface area contributed by atoms with Crippen molar-refractivity contribution in [2.75, 3.05) is 18.0 Å². The molecule has 0 spiro atoms. The molecule has 3 aromatic rings. The molecular weight excluding hydrogens is 340 g/mol. The summed E-state index contributed by atoms with van der Waals surface area (Å²) in [4.78, 5) is 12.2. The Morgan fingerprint density at radius 1 is 1.21 bits per heavy atom. The Labute approximate surface area is 150 Å². The molecule has 124 valence electrons. The lowest BCUT2D eigenvalue weighted by molar-refractivity contribution is 0.419. The number of benzene rings is 1. The number of piperidine rings is 1. The van der Waals surface area contributed by atoms with Gasteiger partial charge in [0.25, 0.3) is 0 Å². The van der Waals surface area contributed by atoms with Gasteiger partial charge in [0, 0.05) is 53.0 Å². The molecule has 4 rings (SSSR count). The van der Waals surface area contributed by atoms with Crippen molar-refractivity contribution in [3.8, 4) is 0 Å². The van der Waals surface area contributed by atoms with Crippen LogP contribution in [0.4, 0.5) is 5.95 Å². The Balaban J connectivity index is 1.42. The van der Waals surface area contributed by atoms with Gasteiger partial charge in [-0.05, 0) is 25.0 Å². The molecule has 3 heterocycles. The molecule has 1 N–H and O–H groups in total. The number of fused-ring (bicyclic) bond motifs is 1. The first kappa shape index (κ1) is 15.8. The van der Waals surface area contributed by atoms with Gasteiger partial charge in [-0.1, -0.05) is 29.8 Å². The van der Waals surface area contributed by atoms with E-state index in [2.05, 4.69) is 38.4 Å². The van der Waals surface area contributed by atoms with E-state index in [-0.39, 0.29) is 0 Å². The second kappa shape index (κ2) is 7.05. The van der Waals surface area contributed by atoms with Gasteiger partial charge in [-0.15, -0.1) is 11.3 Å². The van der Waals surface area contributed by atoms with Crippen LogP contribution < -0.4 is 10.2 Å². The summed E-state index contributed by atoms with van der Waals surface area (Å²) in [5, 5.41) is 5.72. The third kappa shape index (κ3) is 3.24. The molecule has 24 heavy (non-hydrogen) atoms. The van der Waals surface area contributed by atoms with Crippen LogP contribution >= 0.6 is 22.9 Å². The average Bonchev–Trinajstić information content (AvgIpc) is 2.97. The predicted molar refractivity (Wildman–Crippen MR) is 101 cm³/mol. The average molecular weight is 359 g/mol. The first-order chi connectivity index (χ1) is 11.8. The van der Waals surface area contributed by atoms with E-state index in [0.29, 0.717) is 6.04 Å². The van der Waals surface area contributed by atoms with Crippen LogP contribution in [0.15, 0.2) is 42.7 Å². The molecule has 2 aromatic heterocycles. The summed E-state index contributed by atoms with van der Waals surface area (Å²) in [5.74, 6) is 0.823. The maximum absolute atomic E-state index is 6.54. The number of hydrogen-bond acceptors (Lipinski definition) is 5. The third-order valence-corrected chi connectivity index (χ3v) is 6.12. The standard InChI is InChI=1S/C18H19ClN4S/c19-17-14-6-1-2-7-15(14)24-16(17)11-22-13-5-3-10-23(12-13)18-20-8-4-9-21-18/h1-2,4,6-9,13,22H,3,5,10-12H2. The monoisotopic (exact) mass is 358 g/mol. The summed E-state index contributed by atoms with van der Waals surface area (Å²) in [7, 11) is 0. The smallest absolute Gasteiger partial charge is 0.225 e. The molecule has 1 aliphatic rings. The molecule has 0 saturated carbocycles. The largest absolute Gasteiger partial charge is 0.339 e. The van der Waals surface area contributed by atoms with Gasteiger partial charge in [-0.25, -0.2) is 9.97 Å². The number of rotatable bonds is 4. The first-order valence-corrected chi connectivity index (χ1v) is 9.42. The highest BCUT2D eigenvalue weighted by atomic mass is 35.5. The van der Waals surface area contributed by atoms with E-state index in [4.69, 9.17) is 11.6 Å². The molecule has 0 aliphatic carbocycles. The van der Waals surface area contributed by atoms with Crippen molar-refractivity contribution in [1.29, 1.82) is 0 Å². The van der Waals surface area contributed by atoms with Gasteiger partial charge in [0.1, 0.15) is 0 Å². The lowest BCUT2D eigenvalue weighted by Gasteiger charge is -2.33. The number of nitrogens with zero attached hydrogens (tertiary/aromatic N) is 3. The van der Waals surface area contributed by atoms with Crippen LogP contribution in [0.1, 0.15) is 17.7 Å². The number of hydrogen-bond donors (Lipinski definition) is 1. The highest BCUT2D eigenvalue weighted by Gasteiger charge is 2.21. The fraction of sp³-hybridized carbons (Fsp3) is 0.333. The zero-order valence-electron chi connectivity index (χ0n) is 13.3. The molecule has 1 aliphatic heterocycles. The van der Waals surface area contributed by atoms with E-state index in [1.165, 1.54) is 16.0 Å². The number of anilines is 1. The summed E-state index contributed by atoms with van der Waals surface area (Å²) in [5.41, 5.74) is 0. The highest BCUT2D eigenvalue weighted by molar-refractivity contribution is 7.19. The maximum atomic E-state index is 6.54. The molecule has 1 aromatic carbocycles. The molecule has 0 amide bonds. The van der Waals surface area contributed by atoms with Crippen molar-refractivity contribution in [3.05, 3.63) is 52.6 Å². The summed E-state index contributed by atoms with van der Waals surface area (Å²) < 4.78 is 1.25. The van der Waals surface area contributed by atoms with Crippen LogP contribution in [0.5, 0.6) is 0 Å². The van der Waals surface area contributed by atoms with Gasteiger partial charge in [0.15, 0.2) is 0 Å². The van der Waals surface area contributed by atoms with Gasteiger partial charge in [-0.2, -0.15) is 0 Å². The Hall–Kier alpha value is -1.69. The minimum atomic E-state index is 0.434. The van der Waals surface area contributed by atoms with Crippen molar-refractivity contribution in [2.45, 2.75) is 25.4 Å². The second-order valence-corrected chi connectivity index (χ2v) is 7.56. The number of thiophene rings is 1. The molecule has 1 unspecified atom stereocenters. The van der Waals surface area contributed by atoms with Crippen molar-refractivity contribution in [2.24, 2.45) is 0 Å². The summed E-state index contributed by atoms with van der Waals surface area (Å²) in [6.45, 7) is 2.77. The van der Waals surface area contributed by atoms with E-state index in [1.807, 2.05) is 12.1 Å². The molecule has 1 saturated heterocycles. The zero-order valence-corrected chi connectivity index (χ0v) is 14.9. The summed E-state index contributed by atoms with van der Waals surface area (Å²) in [6, 6.07) is 10.6. The van der Waals surface area contributed by atoms with Crippen molar-refractivity contribution in [1.82, 2.24) is 15.3 Å². The van der Waals surface area contributed by atoms with Crippen LogP contribution in [-0.2, 0) is 6.54 Å². The van der Waals surface area contributed by atoms with Crippen molar-refractivity contribution >= 4 is 39.0 Å². The van der Waals surface area contributed by atoms with Gasteiger partial charge in [0.2, 0.25) is 5.95 Å². The molecule has 6 heteroatoms. The molecular formula is C18H19ClN4S. The SMILES string of the molecule is Clc1c(CNC2CCCN(c3ncccn3)C2)sc2ccccc12. The molecule has 1 atom stereocenters. The maximum Gasteiger partial charge on any atom is 0.225 e. The van der Waals surface area contributed by atoms with E-state index < -0.39 is 0 Å². The first-order valence-electron chi connectivity index (χ1n) is 8.22. The summed E-state index contributed by atoms with van der Waals surface area (Å²) >= 11 is 8.32.